The number of carboxylic acids is 1. The van der Waals surface area contributed by atoms with Crippen LogP contribution in [0.4, 0.5) is 23.0 Å². The lowest BCUT2D eigenvalue weighted by molar-refractivity contribution is -0.134. The van der Waals surface area contributed by atoms with Crippen molar-refractivity contribution in [2.45, 2.75) is 35.1 Å². The molecule has 0 atom stereocenters. The number of aromatic nitrogens is 4. The number of amides is 1. The van der Waals surface area contributed by atoms with Gasteiger partial charge in [0.25, 0.3) is 5.97 Å². The number of nitrogens with two attached hydrogens (primary N) is 1. The van der Waals surface area contributed by atoms with Crippen LogP contribution in [0.2, 0.25) is 0 Å². The fourth-order valence-corrected chi connectivity index (χ4v) is 6.25. The van der Waals surface area contributed by atoms with E-state index in [0.29, 0.717) is 71.1 Å². The second-order valence-electron chi connectivity index (χ2n) is 15.1. The van der Waals surface area contributed by atoms with Crippen molar-refractivity contribution in [2.24, 2.45) is 5.41 Å². The predicted molar refractivity (Wildman–Crippen MR) is 237 cm³/mol. The maximum absolute atomic E-state index is 13.1. The number of rotatable bonds is 7. The van der Waals surface area contributed by atoms with E-state index in [1.807, 2.05) is 32.9 Å². The molecule has 0 saturated carbocycles. The topological polar surface area (TPSA) is 203 Å². The Balaban J connectivity index is 0.000000213. The number of anilines is 4. The minimum absolute atomic E-state index is 0. The van der Waals surface area contributed by atoms with Gasteiger partial charge in [0.05, 0.1) is 60.9 Å². The van der Waals surface area contributed by atoms with Gasteiger partial charge in [-0.1, -0.05) is 52.5 Å². The molecule has 4 aromatic carbocycles. The van der Waals surface area contributed by atoms with Crippen LogP contribution >= 0.6 is 0 Å². The van der Waals surface area contributed by atoms with Crippen LogP contribution in [0.3, 0.4) is 0 Å². The Bertz CT molecular complexity index is 2510. The molecular weight excluding hydrogens is 777 g/mol. The number of hydrogen-bond acceptors (Lipinski definition) is 13. The van der Waals surface area contributed by atoms with Crippen LogP contribution in [0.15, 0.2) is 97.3 Å². The van der Waals surface area contributed by atoms with Gasteiger partial charge in [0, 0.05) is 72.1 Å². The normalized spacial score (nSPS) is 13.8. The summed E-state index contributed by atoms with van der Waals surface area (Å²) in [5.41, 5.74) is 11.5. The smallest absolute Gasteiger partial charge is 0.300 e. The van der Waals surface area contributed by atoms with Gasteiger partial charge in [-0.3, -0.25) is 29.1 Å². The quantitative estimate of drug-likeness (QED) is 0.113. The van der Waals surface area contributed by atoms with Gasteiger partial charge in [-0.05, 0) is 60.7 Å². The van der Waals surface area contributed by atoms with E-state index in [-0.39, 0.29) is 24.9 Å². The lowest BCUT2D eigenvalue weighted by Crippen LogP contribution is -2.36. The number of ether oxygens (including phenoxy) is 2. The molecule has 4 N–H and O–H groups in total. The number of fused-ring (bicyclic) bond motifs is 2. The summed E-state index contributed by atoms with van der Waals surface area (Å²) in [6, 6.07) is 24.7. The van der Waals surface area contributed by atoms with Gasteiger partial charge in [0.2, 0.25) is 5.91 Å². The van der Waals surface area contributed by atoms with Crippen LogP contribution in [0.5, 0.6) is 0 Å². The molecule has 61 heavy (non-hydrogen) atoms. The third-order valence-corrected chi connectivity index (χ3v) is 9.47. The number of aliphatic carboxylic acids is 1. The first kappa shape index (κ1) is 45.2. The van der Waals surface area contributed by atoms with Crippen molar-refractivity contribution in [2.75, 3.05) is 73.5 Å². The van der Waals surface area contributed by atoms with Crippen molar-refractivity contribution in [1.82, 2.24) is 19.9 Å². The molecule has 0 radical (unpaired) electrons. The van der Waals surface area contributed by atoms with Crippen LogP contribution in [0.1, 0.15) is 67.0 Å². The molecule has 0 unspecified atom stereocenters. The molecule has 6 aromatic rings. The number of ketones is 2. The molecule has 4 heterocycles. The molecule has 15 nitrogen and oxygen atoms in total. The Morgan fingerprint density at radius 1 is 0.639 bits per heavy atom. The Morgan fingerprint density at radius 2 is 1.07 bits per heavy atom. The van der Waals surface area contributed by atoms with E-state index < -0.39 is 11.4 Å². The zero-order valence-corrected chi connectivity index (χ0v) is 34.1. The SMILES string of the molecule is C.CC(=O)O.CC(C)(C)C(=O)Nc1cccc(C(=O)c2ccc3ncc(N4CCOCC4)nc3c2)c1.Nc1cccc(C(=O)c2ccc3ncc(N4CCOCC4)nc3c2)c1. The molecule has 2 saturated heterocycles. The number of carboxylic acid groups (broad SMARTS) is 1. The highest BCUT2D eigenvalue weighted by Gasteiger charge is 2.22. The monoisotopic (exact) mass is 828 g/mol. The summed E-state index contributed by atoms with van der Waals surface area (Å²) >= 11 is 0. The number of nitrogen functional groups attached to an aromatic ring is 1. The Labute approximate surface area is 354 Å². The third-order valence-electron chi connectivity index (χ3n) is 9.47. The van der Waals surface area contributed by atoms with Crippen molar-refractivity contribution in [3.63, 3.8) is 0 Å². The summed E-state index contributed by atoms with van der Waals surface area (Å²) in [5, 5.41) is 10.3. The van der Waals surface area contributed by atoms with Gasteiger partial charge >= 0.3 is 0 Å². The van der Waals surface area contributed by atoms with Crippen molar-refractivity contribution in [3.8, 4) is 0 Å². The van der Waals surface area contributed by atoms with E-state index in [9.17, 15) is 14.4 Å². The summed E-state index contributed by atoms with van der Waals surface area (Å²) in [4.78, 5) is 69.7. The first-order chi connectivity index (χ1) is 28.7. The molecule has 1 amide bonds. The molecule has 0 spiro atoms. The highest BCUT2D eigenvalue weighted by Crippen LogP contribution is 2.24. The Kier molecular flexibility index (Phi) is 15.1. The third kappa shape index (κ3) is 12.1. The van der Waals surface area contributed by atoms with Gasteiger partial charge in [-0.2, -0.15) is 0 Å². The van der Waals surface area contributed by atoms with E-state index in [1.165, 1.54) is 0 Å². The lowest BCUT2D eigenvalue weighted by atomic mass is 9.95. The summed E-state index contributed by atoms with van der Waals surface area (Å²) in [5.74, 6) is 0.450. The lowest BCUT2D eigenvalue weighted by Gasteiger charge is -2.27. The minimum Gasteiger partial charge on any atom is -0.481 e. The molecule has 2 aliphatic rings. The van der Waals surface area contributed by atoms with Crippen molar-refractivity contribution >= 4 is 68.5 Å². The zero-order chi connectivity index (χ0) is 42.8. The molecule has 2 aliphatic heterocycles. The highest BCUT2D eigenvalue weighted by atomic mass is 16.5. The summed E-state index contributed by atoms with van der Waals surface area (Å²) < 4.78 is 10.8. The molecule has 15 heteroatoms. The first-order valence-electron chi connectivity index (χ1n) is 19.5. The molecule has 0 bridgehead atoms. The first-order valence-corrected chi connectivity index (χ1v) is 19.5. The average Bonchev–Trinajstić information content (AvgIpc) is 3.25. The van der Waals surface area contributed by atoms with E-state index in [0.717, 1.165) is 55.8 Å². The van der Waals surface area contributed by atoms with Gasteiger partial charge in [-0.25, -0.2) is 9.97 Å². The van der Waals surface area contributed by atoms with Crippen LogP contribution in [-0.4, -0.2) is 101 Å². The maximum atomic E-state index is 13.1. The number of carbonyl (C=O) groups is 4. The number of carbonyl (C=O) groups excluding carboxylic acids is 3. The van der Waals surface area contributed by atoms with E-state index in [4.69, 9.17) is 30.1 Å². The zero-order valence-electron chi connectivity index (χ0n) is 34.1. The largest absolute Gasteiger partial charge is 0.481 e. The standard InChI is InChI=1S/C24H26N4O3.C19H18N4O2.C2H4O2.CH4/c1-24(2,3)23(30)26-18-6-4-5-16(13-18)22(29)17-7-8-19-20(14-17)27-21(15-25-19)28-9-11-31-12-10-28;20-15-3-1-2-13(10-15)19(24)14-4-5-16-17(11-14)22-18(12-21-16)23-6-8-25-9-7-23;1-2(3)4;/h4-8,13-15H,9-12H2,1-3H3,(H,26,30);1-5,10-12H,6-9,20H2;1H3,(H,3,4);1H4. The van der Waals surface area contributed by atoms with E-state index in [2.05, 4.69) is 30.1 Å². The van der Waals surface area contributed by atoms with E-state index in [1.54, 1.807) is 85.2 Å². The van der Waals surface area contributed by atoms with Crippen LogP contribution in [0.25, 0.3) is 22.1 Å². The van der Waals surface area contributed by atoms with Gasteiger partial charge in [-0.15, -0.1) is 0 Å². The second-order valence-corrected chi connectivity index (χ2v) is 15.1. The second kappa shape index (κ2) is 20.4. The summed E-state index contributed by atoms with van der Waals surface area (Å²) in [6.07, 6.45) is 3.53. The molecule has 0 aliphatic carbocycles. The maximum Gasteiger partial charge on any atom is 0.300 e. The number of morpholine rings is 2. The van der Waals surface area contributed by atoms with Crippen LogP contribution < -0.4 is 20.9 Å². The number of benzene rings is 4. The van der Waals surface area contributed by atoms with Gasteiger partial charge in [0.1, 0.15) is 11.6 Å². The average molecular weight is 829 g/mol. The Hall–Kier alpha value is -6.84. The Morgan fingerprint density at radius 3 is 1.51 bits per heavy atom. The number of nitrogens with zero attached hydrogens (tertiary/aromatic N) is 6. The van der Waals surface area contributed by atoms with Crippen LogP contribution in [-0.2, 0) is 19.1 Å². The van der Waals surface area contributed by atoms with Crippen molar-refractivity contribution in [3.05, 3.63) is 120 Å². The molecule has 8 rings (SSSR count). The fraction of sp³-hybridized carbons (Fsp3) is 0.304. The highest BCUT2D eigenvalue weighted by molar-refractivity contribution is 6.11. The van der Waals surface area contributed by atoms with Gasteiger partial charge < -0.3 is 35.4 Å². The van der Waals surface area contributed by atoms with Crippen molar-refractivity contribution < 1.29 is 33.8 Å². The fourth-order valence-electron chi connectivity index (χ4n) is 6.25. The number of nitrogens with one attached hydrogen (secondary N) is 1. The molecule has 2 aromatic heterocycles. The molecule has 2 fully saturated rings. The minimum atomic E-state index is -0.833. The van der Waals surface area contributed by atoms with Crippen molar-refractivity contribution in [1.29, 1.82) is 0 Å². The summed E-state index contributed by atoms with van der Waals surface area (Å²) in [7, 11) is 0. The predicted octanol–water partition coefficient (Wildman–Crippen LogP) is 6.69. The molecule has 318 valence electrons. The molecular formula is C46H52N8O7. The van der Waals surface area contributed by atoms with Crippen LogP contribution in [0, 0.1) is 5.41 Å². The van der Waals surface area contributed by atoms with Gasteiger partial charge in [0.15, 0.2) is 11.6 Å². The van der Waals surface area contributed by atoms with E-state index >= 15 is 0 Å². The summed E-state index contributed by atoms with van der Waals surface area (Å²) in [6.45, 7) is 12.5. The number of hydrogen-bond donors (Lipinski definition) is 3.